The number of pyridine rings is 1. The predicted molar refractivity (Wildman–Crippen MR) is 225 cm³/mol. The summed E-state index contributed by atoms with van der Waals surface area (Å²) >= 11 is 0. The fourth-order valence-electron chi connectivity index (χ4n) is 7.44. The molecule has 55 heavy (non-hydrogen) atoms. The van der Waals surface area contributed by atoms with Crippen molar-refractivity contribution in [3.8, 4) is 73.4 Å². The maximum absolute atomic E-state index is 5.04. The standard InChI is InChI=1S/C50H33N5/c1-3-13-36(14-4-1)46-33-47(53-49(52-46)38-15-5-2-6-16-38)37-24-22-34(23-25-37)40-30-31-41(43-18-8-7-17-42(40)43)35-26-28-39(29-27-35)55-48-21-10-9-19-44(48)54-50(55)45-20-11-12-32-51-45/h1-33H. The predicted octanol–water partition coefficient (Wildman–Crippen LogP) is 12.4. The third-order valence-electron chi connectivity index (χ3n) is 10.1. The lowest BCUT2D eigenvalue weighted by molar-refractivity contribution is 1.08. The number of para-hydroxylation sites is 2. The first-order valence-electron chi connectivity index (χ1n) is 18.4. The summed E-state index contributed by atoms with van der Waals surface area (Å²) in [5.74, 6) is 1.53. The van der Waals surface area contributed by atoms with E-state index in [1.165, 1.54) is 21.9 Å². The van der Waals surface area contributed by atoms with Gasteiger partial charge in [-0.15, -0.1) is 0 Å². The average Bonchev–Trinajstić information content (AvgIpc) is 3.67. The van der Waals surface area contributed by atoms with Crippen LogP contribution in [0.2, 0.25) is 0 Å². The first-order chi connectivity index (χ1) is 27.3. The van der Waals surface area contributed by atoms with Crippen LogP contribution in [-0.4, -0.2) is 24.5 Å². The normalized spacial score (nSPS) is 11.3. The molecule has 0 saturated carbocycles. The van der Waals surface area contributed by atoms with E-state index >= 15 is 0 Å². The average molecular weight is 704 g/mol. The van der Waals surface area contributed by atoms with Gasteiger partial charge in [0.25, 0.3) is 0 Å². The number of imidazole rings is 1. The Morgan fingerprint density at radius 1 is 0.364 bits per heavy atom. The summed E-state index contributed by atoms with van der Waals surface area (Å²) in [4.78, 5) is 19.6. The van der Waals surface area contributed by atoms with Crippen molar-refractivity contribution in [3.05, 3.63) is 200 Å². The van der Waals surface area contributed by atoms with Gasteiger partial charge in [0.1, 0.15) is 5.69 Å². The number of fused-ring (bicyclic) bond motifs is 2. The fraction of sp³-hybridized carbons (Fsp3) is 0. The lowest BCUT2D eigenvalue weighted by Gasteiger charge is -2.14. The highest BCUT2D eigenvalue weighted by Gasteiger charge is 2.16. The van der Waals surface area contributed by atoms with Crippen molar-refractivity contribution in [1.82, 2.24) is 24.5 Å². The minimum Gasteiger partial charge on any atom is -0.291 e. The third kappa shape index (κ3) is 6.04. The number of nitrogens with zero attached hydrogens (tertiary/aromatic N) is 5. The number of hydrogen-bond acceptors (Lipinski definition) is 4. The molecule has 7 aromatic carbocycles. The first kappa shape index (κ1) is 32.2. The van der Waals surface area contributed by atoms with E-state index in [1.807, 2.05) is 72.9 Å². The maximum atomic E-state index is 5.04. The van der Waals surface area contributed by atoms with Crippen molar-refractivity contribution in [2.24, 2.45) is 0 Å². The molecule has 0 radical (unpaired) electrons. The molecule has 0 saturated heterocycles. The highest BCUT2D eigenvalue weighted by atomic mass is 15.1. The van der Waals surface area contributed by atoms with Gasteiger partial charge in [0, 0.05) is 28.6 Å². The summed E-state index contributed by atoms with van der Waals surface area (Å²) in [5.41, 5.74) is 13.4. The van der Waals surface area contributed by atoms with Crippen molar-refractivity contribution < 1.29 is 0 Å². The minimum atomic E-state index is 0.711. The van der Waals surface area contributed by atoms with E-state index < -0.39 is 0 Å². The Morgan fingerprint density at radius 2 is 0.891 bits per heavy atom. The van der Waals surface area contributed by atoms with Crippen LogP contribution in [0, 0.1) is 0 Å². The van der Waals surface area contributed by atoms with Crippen LogP contribution in [0.25, 0.3) is 95.2 Å². The van der Waals surface area contributed by atoms with Crippen molar-refractivity contribution in [2.75, 3.05) is 0 Å². The molecule has 0 N–H and O–H groups in total. The van der Waals surface area contributed by atoms with Crippen LogP contribution in [0.4, 0.5) is 0 Å². The number of hydrogen-bond donors (Lipinski definition) is 0. The highest BCUT2D eigenvalue weighted by molar-refractivity contribution is 6.05. The number of rotatable bonds is 7. The Balaban J connectivity index is 1.00. The molecule has 5 heteroatoms. The lowest BCUT2D eigenvalue weighted by atomic mass is 9.91. The second-order valence-electron chi connectivity index (χ2n) is 13.5. The number of aromatic nitrogens is 5. The van der Waals surface area contributed by atoms with Crippen LogP contribution in [-0.2, 0) is 0 Å². The van der Waals surface area contributed by atoms with Crippen LogP contribution in [0.15, 0.2) is 200 Å². The molecule has 3 aromatic heterocycles. The van der Waals surface area contributed by atoms with Gasteiger partial charge in [-0.05, 0) is 75.5 Å². The molecular weight excluding hydrogens is 671 g/mol. The molecule has 0 bridgehead atoms. The fourth-order valence-corrected chi connectivity index (χ4v) is 7.44. The highest BCUT2D eigenvalue weighted by Crippen LogP contribution is 2.38. The van der Waals surface area contributed by atoms with Crippen LogP contribution in [0.1, 0.15) is 0 Å². The van der Waals surface area contributed by atoms with Gasteiger partial charge in [0.05, 0.1) is 22.4 Å². The van der Waals surface area contributed by atoms with E-state index in [0.717, 1.165) is 67.4 Å². The summed E-state index contributed by atoms with van der Waals surface area (Å²) in [7, 11) is 0. The molecule has 0 amide bonds. The van der Waals surface area contributed by atoms with Gasteiger partial charge in [0.15, 0.2) is 11.6 Å². The molecule has 3 heterocycles. The Kier molecular flexibility index (Phi) is 8.08. The van der Waals surface area contributed by atoms with E-state index in [9.17, 15) is 0 Å². The molecule has 0 unspecified atom stereocenters. The van der Waals surface area contributed by atoms with E-state index in [2.05, 4.69) is 137 Å². The van der Waals surface area contributed by atoms with Crippen molar-refractivity contribution in [2.45, 2.75) is 0 Å². The molecule has 10 rings (SSSR count). The minimum absolute atomic E-state index is 0.711. The summed E-state index contributed by atoms with van der Waals surface area (Å²) in [6.07, 6.45) is 1.81. The Hall–Kier alpha value is -7.50. The molecule has 0 aliphatic heterocycles. The van der Waals surface area contributed by atoms with Gasteiger partial charge in [-0.3, -0.25) is 9.55 Å². The number of benzene rings is 7. The van der Waals surface area contributed by atoms with Gasteiger partial charge in [0.2, 0.25) is 0 Å². The molecule has 258 valence electrons. The zero-order valence-corrected chi connectivity index (χ0v) is 29.8. The van der Waals surface area contributed by atoms with Crippen LogP contribution in [0.5, 0.6) is 0 Å². The van der Waals surface area contributed by atoms with Crippen molar-refractivity contribution >= 4 is 21.8 Å². The maximum Gasteiger partial charge on any atom is 0.164 e. The van der Waals surface area contributed by atoms with Crippen molar-refractivity contribution in [3.63, 3.8) is 0 Å². The summed E-state index contributed by atoms with van der Waals surface area (Å²) in [5, 5.41) is 2.41. The smallest absolute Gasteiger partial charge is 0.164 e. The molecule has 10 aromatic rings. The third-order valence-corrected chi connectivity index (χ3v) is 10.1. The van der Waals surface area contributed by atoms with Crippen molar-refractivity contribution in [1.29, 1.82) is 0 Å². The summed E-state index contributed by atoms with van der Waals surface area (Å²) in [6.45, 7) is 0. The van der Waals surface area contributed by atoms with E-state index in [1.54, 1.807) is 0 Å². The molecular formula is C50H33N5. The molecule has 0 atom stereocenters. The topological polar surface area (TPSA) is 56.5 Å². The van der Waals surface area contributed by atoms with Gasteiger partial charge >= 0.3 is 0 Å². The van der Waals surface area contributed by atoms with Gasteiger partial charge in [-0.1, -0.05) is 152 Å². The Bertz CT molecular complexity index is 2880. The molecule has 0 spiro atoms. The van der Waals surface area contributed by atoms with Crippen LogP contribution < -0.4 is 0 Å². The molecule has 0 aliphatic carbocycles. The first-order valence-corrected chi connectivity index (χ1v) is 18.4. The van der Waals surface area contributed by atoms with Gasteiger partial charge in [-0.25, -0.2) is 15.0 Å². The quantitative estimate of drug-likeness (QED) is 0.166. The SMILES string of the molecule is c1ccc(-c2cc(-c3ccc(-c4ccc(-c5ccc(-n6c(-c7ccccn7)nc7ccccc76)cc5)c5ccccc45)cc3)nc(-c3ccccc3)n2)cc1. The Labute approximate surface area is 318 Å². The zero-order valence-electron chi connectivity index (χ0n) is 29.8. The van der Waals surface area contributed by atoms with Crippen LogP contribution in [0.3, 0.4) is 0 Å². The van der Waals surface area contributed by atoms with E-state index in [4.69, 9.17) is 15.0 Å². The van der Waals surface area contributed by atoms with Gasteiger partial charge in [-0.2, -0.15) is 0 Å². The molecule has 0 aliphatic rings. The molecule has 5 nitrogen and oxygen atoms in total. The van der Waals surface area contributed by atoms with Crippen LogP contribution >= 0.6 is 0 Å². The largest absolute Gasteiger partial charge is 0.291 e. The van der Waals surface area contributed by atoms with Gasteiger partial charge < -0.3 is 0 Å². The second-order valence-corrected chi connectivity index (χ2v) is 13.5. The summed E-state index contributed by atoms with van der Waals surface area (Å²) in [6, 6.07) is 67.4. The lowest BCUT2D eigenvalue weighted by Crippen LogP contribution is -1.98. The van der Waals surface area contributed by atoms with E-state index in [-0.39, 0.29) is 0 Å². The molecule has 0 fully saturated rings. The monoisotopic (exact) mass is 703 g/mol. The van der Waals surface area contributed by atoms with E-state index in [0.29, 0.717) is 5.82 Å². The Morgan fingerprint density at radius 3 is 1.53 bits per heavy atom. The zero-order chi connectivity index (χ0) is 36.6. The second kappa shape index (κ2) is 13.8. The summed E-state index contributed by atoms with van der Waals surface area (Å²) < 4.78 is 2.19.